The van der Waals surface area contributed by atoms with E-state index >= 15 is 0 Å². The first kappa shape index (κ1) is 17.5. The van der Waals surface area contributed by atoms with E-state index < -0.39 is 5.97 Å². The number of hydrogen-bond donors (Lipinski definition) is 2. The molecule has 0 saturated carbocycles. The zero-order chi connectivity index (χ0) is 18.7. The number of amides is 1. The van der Waals surface area contributed by atoms with Crippen LogP contribution in [0.1, 0.15) is 21.6 Å². The first-order valence-corrected chi connectivity index (χ1v) is 8.16. The minimum Gasteiger partial charge on any atom is -0.497 e. The van der Waals surface area contributed by atoms with E-state index in [0.29, 0.717) is 11.3 Å². The molecular weight excluding hydrogens is 332 g/mol. The molecule has 0 aliphatic rings. The average Bonchev–Trinajstić information content (AvgIpc) is 2.96. The number of aromatic nitrogens is 1. The molecule has 3 aromatic rings. The molecule has 1 heterocycles. The lowest BCUT2D eigenvalue weighted by molar-refractivity contribution is -0.115. The maximum atomic E-state index is 12.6. The second-order valence-electron chi connectivity index (χ2n) is 5.90. The lowest BCUT2D eigenvalue weighted by Gasteiger charge is -2.10. The van der Waals surface area contributed by atoms with Gasteiger partial charge in [0.15, 0.2) is 0 Å². The van der Waals surface area contributed by atoms with Gasteiger partial charge in [-0.3, -0.25) is 4.79 Å². The van der Waals surface area contributed by atoms with Crippen LogP contribution in [-0.2, 0) is 16.0 Å². The van der Waals surface area contributed by atoms with E-state index in [4.69, 9.17) is 9.47 Å². The van der Waals surface area contributed by atoms with Crippen LogP contribution in [0.2, 0.25) is 0 Å². The maximum absolute atomic E-state index is 12.6. The molecule has 2 aromatic carbocycles. The molecule has 26 heavy (non-hydrogen) atoms. The number of ether oxygens (including phenoxy) is 2. The number of benzene rings is 2. The summed E-state index contributed by atoms with van der Waals surface area (Å²) >= 11 is 0. The minimum absolute atomic E-state index is 0.175. The van der Waals surface area contributed by atoms with Gasteiger partial charge in [0.05, 0.1) is 31.9 Å². The van der Waals surface area contributed by atoms with Crippen LogP contribution in [0.25, 0.3) is 10.9 Å². The van der Waals surface area contributed by atoms with Gasteiger partial charge < -0.3 is 19.8 Å². The van der Waals surface area contributed by atoms with Crippen LogP contribution in [0.15, 0.2) is 42.5 Å². The zero-order valence-electron chi connectivity index (χ0n) is 14.9. The molecule has 0 aliphatic carbocycles. The second-order valence-corrected chi connectivity index (χ2v) is 5.90. The number of carbonyl (C=O) groups is 2. The van der Waals surface area contributed by atoms with Crippen LogP contribution < -0.4 is 10.1 Å². The minimum atomic E-state index is -0.492. The molecule has 0 saturated heterocycles. The highest BCUT2D eigenvalue weighted by Crippen LogP contribution is 2.27. The van der Waals surface area contributed by atoms with Gasteiger partial charge in [0.1, 0.15) is 5.75 Å². The number of carbonyl (C=O) groups excluding carboxylic acids is 2. The lowest BCUT2D eigenvalue weighted by atomic mass is 10.1. The Balaban J connectivity index is 1.86. The van der Waals surface area contributed by atoms with Crippen LogP contribution in [0.4, 0.5) is 5.69 Å². The van der Waals surface area contributed by atoms with Crippen molar-refractivity contribution in [3.63, 3.8) is 0 Å². The summed E-state index contributed by atoms with van der Waals surface area (Å²) in [6.45, 7) is 1.93. The van der Waals surface area contributed by atoms with Crippen molar-refractivity contribution in [1.82, 2.24) is 4.98 Å². The smallest absolute Gasteiger partial charge is 0.339 e. The van der Waals surface area contributed by atoms with Crippen LogP contribution in [0.5, 0.6) is 5.75 Å². The third-order valence-corrected chi connectivity index (χ3v) is 4.27. The molecule has 0 unspecified atom stereocenters. The number of fused-ring (bicyclic) bond motifs is 1. The van der Waals surface area contributed by atoms with Gasteiger partial charge in [-0.1, -0.05) is 12.1 Å². The average molecular weight is 352 g/mol. The van der Waals surface area contributed by atoms with E-state index in [9.17, 15) is 9.59 Å². The van der Waals surface area contributed by atoms with E-state index in [2.05, 4.69) is 10.3 Å². The molecule has 3 rings (SSSR count). The van der Waals surface area contributed by atoms with E-state index in [1.807, 2.05) is 25.1 Å². The van der Waals surface area contributed by atoms with Crippen molar-refractivity contribution < 1.29 is 19.1 Å². The number of esters is 1. The fraction of sp³-hybridized carbons (Fsp3) is 0.200. The molecule has 6 heteroatoms. The van der Waals surface area contributed by atoms with Gasteiger partial charge in [-0.25, -0.2) is 4.79 Å². The van der Waals surface area contributed by atoms with Crippen molar-refractivity contribution in [2.45, 2.75) is 13.3 Å². The van der Waals surface area contributed by atoms with Crippen molar-refractivity contribution in [3.05, 3.63) is 59.3 Å². The number of aryl methyl sites for hydroxylation is 1. The van der Waals surface area contributed by atoms with Crippen LogP contribution in [0, 0.1) is 6.92 Å². The first-order chi connectivity index (χ1) is 12.5. The molecule has 0 fully saturated rings. The summed E-state index contributed by atoms with van der Waals surface area (Å²) in [5.41, 5.74) is 3.51. The number of nitrogens with one attached hydrogen (secondary N) is 2. The van der Waals surface area contributed by atoms with Gasteiger partial charge >= 0.3 is 5.97 Å². The van der Waals surface area contributed by atoms with E-state index in [1.165, 1.54) is 7.11 Å². The van der Waals surface area contributed by atoms with Gasteiger partial charge in [-0.2, -0.15) is 0 Å². The van der Waals surface area contributed by atoms with Crippen LogP contribution >= 0.6 is 0 Å². The second kappa shape index (κ2) is 7.31. The molecule has 6 nitrogen and oxygen atoms in total. The summed E-state index contributed by atoms with van der Waals surface area (Å²) in [6.07, 6.45) is 0.175. The number of aromatic amines is 1. The number of H-pyrrole nitrogens is 1. The molecule has 0 spiro atoms. The van der Waals surface area contributed by atoms with E-state index in [-0.39, 0.29) is 12.3 Å². The molecule has 1 aromatic heterocycles. The predicted molar refractivity (Wildman–Crippen MR) is 99.7 cm³/mol. The third kappa shape index (κ3) is 3.39. The Labute approximate surface area is 151 Å². The monoisotopic (exact) mass is 352 g/mol. The maximum Gasteiger partial charge on any atom is 0.339 e. The molecule has 0 bridgehead atoms. The van der Waals surface area contributed by atoms with Crippen LogP contribution in [0.3, 0.4) is 0 Å². The molecule has 2 N–H and O–H groups in total. The fourth-order valence-corrected chi connectivity index (χ4v) is 2.95. The summed E-state index contributed by atoms with van der Waals surface area (Å²) in [4.78, 5) is 27.7. The highest BCUT2D eigenvalue weighted by molar-refractivity contribution is 6.02. The van der Waals surface area contributed by atoms with Crippen molar-refractivity contribution in [2.75, 3.05) is 19.5 Å². The molecular formula is C20H20N2O4. The Morgan fingerprint density at radius 1 is 1.12 bits per heavy atom. The number of para-hydroxylation sites is 1. The molecule has 134 valence electrons. The van der Waals surface area contributed by atoms with Crippen molar-refractivity contribution in [2.24, 2.45) is 0 Å². The molecule has 0 atom stereocenters. The zero-order valence-corrected chi connectivity index (χ0v) is 14.9. The molecule has 0 radical (unpaired) electrons. The third-order valence-electron chi connectivity index (χ3n) is 4.27. The predicted octanol–water partition coefficient (Wildman–Crippen LogP) is 3.45. The van der Waals surface area contributed by atoms with Crippen LogP contribution in [-0.4, -0.2) is 31.1 Å². The Kier molecular flexibility index (Phi) is 4.93. The summed E-state index contributed by atoms with van der Waals surface area (Å²) < 4.78 is 10.0. The number of rotatable bonds is 5. The van der Waals surface area contributed by atoms with Crippen molar-refractivity contribution >= 4 is 28.5 Å². The number of hydrogen-bond acceptors (Lipinski definition) is 4. The quantitative estimate of drug-likeness (QED) is 0.689. The lowest BCUT2D eigenvalue weighted by Crippen LogP contribution is -2.17. The highest BCUT2D eigenvalue weighted by Gasteiger charge is 2.16. The van der Waals surface area contributed by atoms with Gasteiger partial charge in [0.2, 0.25) is 5.91 Å². The SMILES string of the molecule is COC(=O)c1ccccc1NC(=O)Cc1c(C)[nH]c2ccc(OC)cc12. The summed E-state index contributed by atoms with van der Waals surface area (Å²) in [5.74, 6) is 0.0243. The summed E-state index contributed by atoms with van der Waals surface area (Å²) in [7, 11) is 2.92. The van der Waals surface area contributed by atoms with Crippen molar-refractivity contribution in [1.29, 1.82) is 0 Å². The molecule has 0 aliphatic heterocycles. The van der Waals surface area contributed by atoms with Gasteiger partial charge in [-0.15, -0.1) is 0 Å². The van der Waals surface area contributed by atoms with Crippen molar-refractivity contribution in [3.8, 4) is 5.75 Å². The standard InChI is InChI=1S/C20H20N2O4/c1-12-15(16-10-13(25-2)8-9-18(16)21-12)11-19(23)22-17-7-5-4-6-14(17)20(24)26-3/h4-10,21H,11H2,1-3H3,(H,22,23). The highest BCUT2D eigenvalue weighted by atomic mass is 16.5. The Morgan fingerprint density at radius 3 is 2.62 bits per heavy atom. The number of methoxy groups -OCH3 is 2. The van der Waals surface area contributed by atoms with E-state index in [1.54, 1.807) is 31.4 Å². The fourth-order valence-electron chi connectivity index (χ4n) is 2.95. The van der Waals surface area contributed by atoms with Gasteiger partial charge in [0.25, 0.3) is 0 Å². The normalized spacial score (nSPS) is 10.6. The Bertz CT molecular complexity index is 975. The summed E-state index contributed by atoms with van der Waals surface area (Å²) in [6, 6.07) is 12.5. The summed E-state index contributed by atoms with van der Waals surface area (Å²) in [5, 5.41) is 3.74. The first-order valence-electron chi connectivity index (χ1n) is 8.16. The molecule has 1 amide bonds. The Morgan fingerprint density at radius 2 is 1.88 bits per heavy atom. The topological polar surface area (TPSA) is 80.4 Å². The largest absolute Gasteiger partial charge is 0.497 e. The van der Waals surface area contributed by atoms with Gasteiger partial charge in [-0.05, 0) is 42.8 Å². The van der Waals surface area contributed by atoms with E-state index in [0.717, 1.165) is 27.9 Å². The van der Waals surface area contributed by atoms with Gasteiger partial charge in [0, 0.05) is 16.6 Å². The Hall–Kier alpha value is -3.28. The number of anilines is 1.